The van der Waals surface area contributed by atoms with Gasteiger partial charge in [-0.15, -0.1) is 0 Å². The summed E-state index contributed by atoms with van der Waals surface area (Å²) in [6, 6.07) is 5.42. The number of carbonyl (C=O) groups is 1. The van der Waals surface area contributed by atoms with E-state index in [1.54, 1.807) is 25.1 Å². The van der Waals surface area contributed by atoms with Gasteiger partial charge in [0.1, 0.15) is 5.75 Å². The molecular formula is C15H21ClN2O2. The maximum Gasteiger partial charge on any atom is 0.227 e. The van der Waals surface area contributed by atoms with Crippen LogP contribution in [0.5, 0.6) is 5.75 Å². The van der Waals surface area contributed by atoms with E-state index in [1.165, 1.54) is 0 Å². The van der Waals surface area contributed by atoms with Gasteiger partial charge in [0.25, 0.3) is 0 Å². The molecule has 5 heteroatoms. The molecule has 1 aliphatic carbocycles. The lowest BCUT2D eigenvalue weighted by Crippen LogP contribution is -2.39. The fourth-order valence-corrected chi connectivity index (χ4v) is 2.98. The molecule has 1 aromatic rings. The molecule has 0 unspecified atom stereocenters. The summed E-state index contributed by atoms with van der Waals surface area (Å²) in [5, 5.41) is 0.638. The van der Waals surface area contributed by atoms with Crippen LogP contribution in [0.15, 0.2) is 18.2 Å². The molecule has 1 amide bonds. The van der Waals surface area contributed by atoms with E-state index in [9.17, 15) is 4.79 Å². The number of methoxy groups -OCH3 is 1. The summed E-state index contributed by atoms with van der Waals surface area (Å²) in [5.74, 6) is 0.798. The zero-order valence-corrected chi connectivity index (χ0v) is 12.7. The first-order valence-corrected chi connectivity index (χ1v) is 7.23. The standard InChI is InChI=1S/C15H21ClN2O2/c1-18(15(19)12-4-3-5-13(12)17)9-10-8-11(16)6-7-14(10)20-2/h6-8,12-13H,3-5,9,17H2,1-2H3/t12-,13-/m0/s1. The van der Waals surface area contributed by atoms with Crippen LogP contribution in [0.2, 0.25) is 5.02 Å². The fraction of sp³-hybridized carbons (Fsp3) is 0.533. The monoisotopic (exact) mass is 296 g/mol. The van der Waals surface area contributed by atoms with Crippen LogP contribution in [0.1, 0.15) is 24.8 Å². The van der Waals surface area contributed by atoms with Crippen LogP contribution in [0, 0.1) is 5.92 Å². The third-order valence-electron chi connectivity index (χ3n) is 3.91. The Morgan fingerprint density at radius 2 is 2.25 bits per heavy atom. The first-order chi connectivity index (χ1) is 9.52. The SMILES string of the molecule is COc1ccc(Cl)cc1CN(C)C(=O)[C@H]1CCC[C@@H]1N. The highest BCUT2D eigenvalue weighted by Gasteiger charge is 2.32. The molecule has 1 aromatic carbocycles. The molecule has 0 radical (unpaired) electrons. The number of carbonyl (C=O) groups excluding carboxylic acids is 1. The lowest BCUT2D eigenvalue weighted by molar-refractivity contribution is -0.134. The molecule has 2 atom stereocenters. The number of hydrogen-bond acceptors (Lipinski definition) is 3. The second kappa shape index (κ2) is 6.46. The number of halogens is 1. The highest BCUT2D eigenvalue weighted by Crippen LogP contribution is 2.28. The number of rotatable bonds is 4. The average molecular weight is 297 g/mol. The first kappa shape index (κ1) is 15.1. The van der Waals surface area contributed by atoms with Crippen molar-refractivity contribution >= 4 is 17.5 Å². The normalized spacial score (nSPS) is 21.8. The number of nitrogens with two attached hydrogens (primary N) is 1. The summed E-state index contributed by atoms with van der Waals surface area (Å²) in [7, 11) is 3.41. The highest BCUT2D eigenvalue weighted by molar-refractivity contribution is 6.30. The molecule has 4 nitrogen and oxygen atoms in total. The molecule has 110 valence electrons. The number of nitrogens with zero attached hydrogens (tertiary/aromatic N) is 1. The molecule has 1 saturated carbocycles. The van der Waals surface area contributed by atoms with Gasteiger partial charge < -0.3 is 15.4 Å². The van der Waals surface area contributed by atoms with E-state index >= 15 is 0 Å². The Morgan fingerprint density at radius 3 is 2.85 bits per heavy atom. The van der Waals surface area contributed by atoms with Gasteiger partial charge in [0, 0.05) is 30.2 Å². The molecule has 20 heavy (non-hydrogen) atoms. The van der Waals surface area contributed by atoms with Crippen molar-refractivity contribution in [3.8, 4) is 5.75 Å². The predicted octanol–water partition coefficient (Wildman–Crippen LogP) is 2.43. The van der Waals surface area contributed by atoms with E-state index in [-0.39, 0.29) is 17.9 Å². The largest absolute Gasteiger partial charge is 0.496 e. The van der Waals surface area contributed by atoms with Gasteiger partial charge in [-0.1, -0.05) is 18.0 Å². The minimum atomic E-state index is -0.0508. The van der Waals surface area contributed by atoms with Crippen LogP contribution < -0.4 is 10.5 Å². The topological polar surface area (TPSA) is 55.6 Å². The van der Waals surface area contributed by atoms with Crippen molar-refractivity contribution in [2.75, 3.05) is 14.2 Å². The van der Waals surface area contributed by atoms with Gasteiger partial charge >= 0.3 is 0 Å². The van der Waals surface area contributed by atoms with Crippen LogP contribution in [0.3, 0.4) is 0 Å². The van der Waals surface area contributed by atoms with Crippen molar-refractivity contribution in [1.82, 2.24) is 4.90 Å². The van der Waals surface area contributed by atoms with Crippen molar-refractivity contribution in [2.45, 2.75) is 31.8 Å². The Labute approximate surface area is 124 Å². The maximum atomic E-state index is 12.4. The smallest absolute Gasteiger partial charge is 0.227 e. The molecule has 0 bridgehead atoms. The van der Waals surface area contributed by atoms with Crippen molar-refractivity contribution in [3.05, 3.63) is 28.8 Å². The van der Waals surface area contributed by atoms with E-state index in [0.29, 0.717) is 11.6 Å². The zero-order valence-electron chi connectivity index (χ0n) is 11.9. The van der Waals surface area contributed by atoms with Crippen LogP contribution in [-0.4, -0.2) is 31.0 Å². The van der Waals surface area contributed by atoms with E-state index < -0.39 is 0 Å². The number of ether oxygens (including phenoxy) is 1. The molecule has 0 aromatic heterocycles. The van der Waals surface area contributed by atoms with Crippen LogP contribution in [0.4, 0.5) is 0 Å². The summed E-state index contributed by atoms with van der Waals surface area (Å²) in [6.45, 7) is 0.478. The third kappa shape index (κ3) is 3.25. The lowest BCUT2D eigenvalue weighted by atomic mass is 10.0. The van der Waals surface area contributed by atoms with Gasteiger partial charge in [-0.25, -0.2) is 0 Å². The lowest BCUT2D eigenvalue weighted by Gasteiger charge is -2.24. The summed E-state index contributed by atoms with van der Waals surface area (Å²) >= 11 is 6.01. The van der Waals surface area contributed by atoms with Gasteiger partial charge in [0.2, 0.25) is 5.91 Å². The number of benzene rings is 1. The third-order valence-corrected chi connectivity index (χ3v) is 4.15. The van der Waals surface area contributed by atoms with Gasteiger partial charge in [-0.05, 0) is 31.0 Å². The van der Waals surface area contributed by atoms with Gasteiger partial charge in [-0.2, -0.15) is 0 Å². The minimum Gasteiger partial charge on any atom is -0.496 e. The molecule has 1 fully saturated rings. The van der Waals surface area contributed by atoms with Crippen molar-refractivity contribution in [1.29, 1.82) is 0 Å². The Kier molecular flexibility index (Phi) is 4.89. The molecule has 0 saturated heterocycles. The number of amides is 1. The maximum absolute atomic E-state index is 12.4. The fourth-order valence-electron chi connectivity index (χ4n) is 2.78. The minimum absolute atomic E-state index is 0.00814. The zero-order chi connectivity index (χ0) is 14.7. The van der Waals surface area contributed by atoms with Crippen molar-refractivity contribution in [3.63, 3.8) is 0 Å². The molecular weight excluding hydrogens is 276 g/mol. The molecule has 0 aliphatic heterocycles. The van der Waals surface area contributed by atoms with E-state index in [1.807, 2.05) is 12.1 Å². The second-order valence-corrected chi connectivity index (χ2v) is 5.79. The summed E-state index contributed by atoms with van der Waals surface area (Å²) in [6.07, 6.45) is 2.85. The van der Waals surface area contributed by atoms with Gasteiger partial charge in [0.15, 0.2) is 0 Å². The predicted molar refractivity (Wildman–Crippen MR) is 79.8 cm³/mol. The molecule has 1 aliphatic rings. The van der Waals surface area contributed by atoms with Crippen molar-refractivity contribution in [2.24, 2.45) is 11.7 Å². The summed E-state index contributed by atoms with van der Waals surface area (Å²) in [5.41, 5.74) is 6.90. The first-order valence-electron chi connectivity index (χ1n) is 6.86. The molecule has 2 rings (SSSR count). The van der Waals surface area contributed by atoms with E-state index in [4.69, 9.17) is 22.1 Å². The van der Waals surface area contributed by atoms with Gasteiger partial charge in [0.05, 0.1) is 13.0 Å². The average Bonchev–Trinajstić information content (AvgIpc) is 2.84. The molecule has 0 heterocycles. The summed E-state index contributed by atoms with van der Waals surface area (Å²) in [4.78, 5) is 14.1. The van der Waals surface area contributed by atoms with E-state index in [0.717, 1.165) is 30.6 Å². The molecule has 2 N–H and O–H groups in total. The van der Waals surface area contributed by atoms with Crippen LogP contribution in [-0.2, 0) is 11.3 Å². The Bertz CT molecular complexity index is 493. The van der Waals surface area contributed by atoms with Crippen LogP contribution >= 0.6 is 11.6 Å². The Balaban J connectivity index is 2.09. The summed E-state index contributed by atoms with van der Waals surface area (Å²) < 4.78 is 5.31. The second-order valence-electron chi connectivity index (χ2n) is 5.35. The molecule has 0 spiro atoms. The number of hydrogen-bond donors (Lipinski definition) is 1. The highest BCUT2D eigenvalue weighted by atomic mass is 35.5. The quantitative estimate of drug-likeness (QED) is 0.928. The Morgan fingerprint density at radius 1 is 1.50 bits per heavy atom. The van der Waals surface area contributed by atoms with E-state index in [2.05, 4.69) is 0 Å². The Hall–Kier alpha value is -1.26. The van der Waals surface area contributed by atoms with Crippen LogP contribution in [0.25, 0.3) is 0 Å². The van der Waals surface area contributed by atoms with Crippen molar-refractivity contribution < 1.29 is 9.53 Å². The van der Waals surface area contributed by atoms with Gasteiger partial charge in [-0.3, -0.25) is 4.79 Å².